The van der Waals surface area contributed by atoms with Gasteiger partial charge in [0, 0.05) is 19.3 Å². The topological polar surface area (TPSA) is 78.9 Å². The van der Waals surface area contributed by atoms with E-state index in [0.717, 1.165) is 76.0 Å². The first kappa shape index (κ1) is 53.4. The number of unbranched alkanes of at least 4 members (excludes halogenated alkanes) is 28. The third kappa shape index (κ3) is 43.4. The Bertz CT molecular complexity index is 839. The Labute approximate surface area is 342 Å². The van der Waals surface area contributed by atoms with E-state index in [4.69, 9.17) is 14.2 Å². The fraction of sp³-hybridized carbons (Fsp3) is 0.939. The minimum Gasteiger partial charge on any atom is -0.462 e. The minimum atomic E-state index is -0.759. The lowest BCUT2D eigenvalue weighted by atomic mass is 10.0. The zero-order valence-electron chi connectivity index (χ0n) is 37.6. The number of carbonyl (C=O) groups excluding carboxylic acids is 3. The monoisotopic (exact) mass is 779 g/mol. The lowest BCUT2D eigenvalue weighted by Crippen LogP contribution is -2.30. The Morgan fingerprint density at radius 2 is 0.600 bits per heavy atom. The molecule has 55 heavy (non-hydrogen) atoms. The fourth-order valence-corrected chi connectivity index (χ4v) is 7.28. The highest BCUT2D eigenvalue weighted by atomic mass is 16.6. The van der Waals surface area contributed by atoms with Crippen LogP contribution >= 0.6 is 0 Å². The standard InChI is InChI=1S/C49H94O6/c1-6-7-8-27-34-39-47(50)53-42-46(55-49(52)41-36-31-26-22-18-14-13-16-20-24-29-33-38-45(4)5)43-54-48(51)40-35-30-25-21-17-12-10-9-11-15-19-23-28-32-37-44(2)3/h44-46H,6-43H2,1-5H3/t46-/m1/s1. The molecule has 6 heteroatoms. The molecule has 0 aromatic rings. The van der Waals surface area contributed by atoms with E-state index in [-0.39, 0.29) is 31.1 Å². The average molecular weight is 779 g/mol. The molecule has 0 aromatic heterocycles. The van der Waals surface area contributed by atoms with E-state index in [9.17, 15) is 14.4 Å². The molecule has 0 amide bonds. The molecule has 326 valence electrons. The first-order chi connectivity index (χ1) is 26.7. The smallest absolute Gasteiger partial charge is 0.306 e. The van der Waals surface area contributed by atoms with Crippen LogP contribution in [0.5, 0.6) is 0 Å². The first-order valence-corrected chi connectivity index (χ1v) is 24.2. The van der Waals surface area contributed by atoms with Gasteiger partial charge in [-0.15, -0.1) is 0 Å². The molecule has 0 saturated carbocycles. The summed E-state index contributed by atoms with van der Waals surface area (Å²) in [6, 6.07) is 0. The van der Waals surface area contributed by atoms with Gasteiger partial charge in [-0.2, -0.15) is 0 Å². The summed E-state index contributed by atoms with van der Waals surface area (Å²) in [5.74, 6) is 0.811. The molecular formula is C49H94O6. The van der Waals surface area contributed by atoms with Gasteiger partial charge in [0.05, 0.1) is 0 Å². The van der Waals surface area contributed by atoms with Crippen molar-refractivity contribution in [2.75, 3.05) is 13.2 Å². The van der Waals surface area contributed by atoms with E-state index in [0.29, 0.717) is 19.3 Å². The zero-order chi connectivity index (χ0) is 40.5. The molecule has 0 radical (unpaired) electrons. The maximum atomic E-state index is 12.7. The Balaban J connectivity index is 4.14. The van der Waals surface area contributed by atoms with Crippen molar-refractivity contribution in [1.82, 2.24) is 0 Å². The zero-order valence-corrected chi connectivity index (χ0v) is 37.6. The molecule has 1 atom stereocenters. The first-order valence-electron chi connectivity index (χ1n) is 24.2. The van der Waals surface area contributed by atoms with Gasteiger partial charge in [-0.05, 0) is 31.1 Å². The van der Waals surface area contributed by atoms with Crippen LogP contribution in [0, 0.1) is 11.8 Å². The van der Waals surface area contributed by atoms with E-state index in [2.05, 4.69) is 34.6 Å². The predicted molar refractivity (Wildman–Crippen MR) is 233 cm³/mol. The van der Waals surface area contributed by atoms with Crippen LogP contribution in [-0.4, -0.2) is 37.2 Å². The van der Waals surface area contributed by atoms with Gasteiger partial charge in [-0.3, -0.25) is 14.4 Å². The van der Waals surface area contributed by atoms with Crippen LogP contribution in [0.3, 0.4) is 0 Å². The van der Waals surface area contributed by atoms with Crippen molar-refractivity contribution in [3.05, 3.63) is 0 Å². The Morgan fingerprint density at radius 1 is 0.345 bits per heavy atom. The third-order valence-electron chi connectivity index (χ3n) is 11.0. The van der Waals surface area contributed by atoms with E-state index >= 15 is 0 Å². The van der Waals surface area contributed by atoms with Gasteiger partial charge in [-0.25, -0.2) is 0 Å². The second kappa shape index (κ2) is 42.0. The number of hydrogen-bond donors (Lipinski definition) is 0. The lowest BCUT2D eigenvalue weighted by molar-refractivity contribution is -0.167. The second-order valence-electron chi connectivity index (χ2n) is 17.7. The average Bonchev–Trinajstić information content (AvgIpc) is 3.15. The lowest BCUT2D eigenvalue weighted by Gasteiger charge is -2.18. The van der Waals surface area contributed by atoms with E-state index in [1.807, 2.05) is 0 Å². The number of carbonyl (C=O) groups is 3. The molecule has 0 rings (SSSR count). The van der Waals surface area contributed by atoms with Crippen molar-refractivity contribution in [2.45, 2.75) is 272 Å². The van der Waals surface area contributed by atoms with Gasteiger partial charge in [0.25, 0.3) is 0 Å². The third-order valence-corrected chi connectivity index (χ3v) is 11.0. The van der Waals surface area contributed by atoms with E-state index in [1.165, 1.54) is 148 Å². The summed E-state index contributed by atoms with van der Waals surface area (Å²) in [4.78, 5) is 37.6. The Kier molecular flexibility index (Phi) is 40.8. The summed E-state index contributed by atoms with van der Waals surface area (Å²) in [5.41, 5.74) is 0. The molecule has 0 aliphatic rings. The normalized spacial score (nSPS) is 12.1. The molecule has 0 saturated heterocycles. The summed E-state index contributed by atoms with van der Waals surface area (Å²) >= 11 is 0. The minimum absolute atomic E-state index is 0.0650. The highest BCUT2D eigenvalue weighted by Crippen LogP contribution is 2.17. The highest BCUT2D eigenvalue weighted by molar-refractivity contribution is 5.71. The Morgan fingerprint density at radius 3 is 0.891 bits per heavy atom. The van der Waals surface area contributed by atoms with Gasteiger partial charge in [0.2, 0.25) is 0 Å². The molecule has 0 spiro atoms. The van der Waals surface area contributed by atoms with E-state index < -0.39 is 6.10 Å². The molecule has 0 aromatic carbocycles. The molecule has 6 nitrogen and oxygen atoms in total. The molecule has 0 N–H and O–H groups in total. The van der Waals surface area contributed by atoms with Crippen LogP contribution in [0.4, 0.5) is 0 Å². The molecule has 0 fully saturated rings. The molecule has 0 heterocycles. The Hall–Kier alpha value is -1.59. The van der Waals surface area contributed by atoms with Crippen molar-refractivity contribution < 1.29 is 28.6 Å². The van der Waals surface area contributed by atoms with Crippen LogP contribution in [-0.2, 0) is 28.6 Å². The summed E-state index contributed by atoms with van der Waals surface area (Å²) in [5, 5.41) is 0. The van der Waals surface area contributed by atoms with Gasteiger partial charge < -0.3 is 14.2 Å². The van der Waals surface area contributed by atoms with Crippen LogP contribution < -0.4 is 0 Å². The van der Waals surface area contributed by atoms with Gasteiger partial charge >= 0.3 is 17.9 Å². The maximum Gasteiger partial charge on any atom is 0.306 e. The van der Waals surface area contributed by atoms with Crippen molar-refractivity contribution in [3.63, 3.8) is 0 Å². The summed E-state index contributed by atoms with van der Waals surface area (Å²) in [6.45, 7) is 11.3. The number of esters is 3. The molecule has 0 aliphatic carbocycles. The van der Waals surface area contributed by atoms with Crippen LogP contribution in [0.25, 0.3) is 0 Å². The SMILES string of the molecule is CCCCCCCC(=O)OC[C@H](COC(=O)CCCCCCCCCCCCCCCCC(C)C)OC(=O)CCCCCCCCCCCCCCC(C)C. The fourth-order valence-electron chi connectivity index (χ4n) is 7.28. The van der Waals surface area contributed by atoms with Crippen molar-refractivity contribution in [1.29, 1.82) is 0 Å². The van der Waals surface area contributed by atoms with Gasteiger partial charge in [0.1, 0.15) is 13.2 Å². The molecule has 0 aliphatic heterocycles. The molecule has 0 unspecified atom stereocenters. The van der Waals surface area contributed by atoms with Crippen molar-refractivity contribution >= 4 is 17.9 Å². The number of rotatable bonds is 43. The van der Waals surface area contributed by atoms with Crippen molar-refractivity contribution in [2.24, 2.45) is 11.8 Å². The molecule has 0 bridgehead atoms. The number of ether oxygens (including phenoxy) is 3. The maximum absolute atomic E-state index is 12.7. The van der Waals surface area contributed by atoms with Crippen LogP contribution in [0.15, 0.2) is 0 Å². The largest absolute Gasteiger partial charge is 0.462 e. The second-order valence-corrected chi connectivity index (χ2v) is 17.7. The summed E-state index contributed by atoms with van der Waals surface area (Å²) in [7, 11) is 0. The summed E-state index contributed by atoms with van der Waals surface area (Å²) < 4.78 is 16.7. The van der Waals surface area contributed by atoms with Gasteiger partial charge in [0.15, 0.2) is 6.10 Å². The highest BCUT2D eigenvalue weighted by Gasteiger charge is 2.19. The van der Waals surface area contributed by atoms with Crippen LogP contribution in [0.1, 0.15) is 266 Å². The molecular weight excluding hydrogens is 685 g/mol. The summed E-state index contributed by atoms with van der Waals surface area (Å²) in [6.07, 6.45) is 41.2. The van der Waals surface area contributed by atoms with E-state index in [1.54, 1.807) is 0 Å². The van der Waals surface area contributed by atoms with Crippen molar-refractivity contribution in [3.8, 4) is 0 Å². The predicted octanol–water partition coefficient (Wildman–Crippen LogP) is 15.4. The van der Waals surface area contributed by atoms with Gasteiger partial charge in [-0.1, -0.05) is 227 Å². The van der Waals surface area contributed by atoms with Crippen LogP contribution in [0.2, 0.25) is 0 Å². The number of hydrogen-bond acceptors (Lipinski definition) is 6. The quantitative estimate of drug-likeness (QED) is 0.0348.